The molecule has 0 aliphatic heterocycles. The molecule has 19 heavy (non-hydrogen) atoms. The second-order valence-corrected chi connectivity index (χ2v) is 5.13. The summed E-state index contributed by atoms with van der Waals surface area (Å²) in [5.74, 6) is 0.855. The lowest BCUT2D eigenvalue weighted by molar-refractivity contribution is 0.187. The molecule has 1 aromatic rings. The molecule has 1 amide bonds. The van der Waals surface area contributed by atoms with Crippen LogP contribution in [0.15, 0.2) is 24.3 Å². The molecule has 104 valence electrons. The number of hydrogen-bond acceptors (Lipinski definition) is 3. The van der Waals surface area contributed by atoms with Crippen molar-refractivity contribution in [2.24, 2.45) is 5.92 Å². The number of methoxy groups -OCH3 is 1. The lowest BCUT2D eigenvalue weighted by atomic mass is 10.1. The van der Waals surface area contributed by atoms with E-state index in [1.54, 1.807) is 0 Å². The Morgan fingerprint density at radius 2 is 2.16 bits per heavy atom. The van der Waals surface area contributed by atoms with E-state index in [0.717, 1.165) is 17.3 Å². The smallest absolute Gasteiger partial charge is 0.411 e. The number of hydrogen-bond donors (Lipinski definition) is 2. The lowest BCUT2D eigenvalue weighted by Gasteiger charge is -2.15. The third kappa shape index (κ3) is 3.88. The predicted molar refractivity (Wildman–Crippen MR) is 77.5 cm³/mol. The van der Waals surface area contributed by atoms with Gasteiger partial charge in [-0.25, -0.2) is 4.79 Å². The normalized spacial score (nSPS) is 22.0. The SMILES string of the molecule is CCC1CCC(Nc2cccc(NC(=O)OC)c2)C1. The molecule has 1 aliphatic carbocycles. The highest BCUT2D eigenvalue weighted by Gasteiger charge is 2.22. The van der Waals surface area contributed by atoms with Crippen LogP contribution < -0.4 is 10.6 Å². The van der Waals surface area contributed by atoms with E-state index in [1.165, 1.54) is 32.8 Å². The van der Waals surface area contributed by atoms with Crippen LogP contribution >= 0.6 is 0 Å². The molecule has 1 saturated carbocycles. The van der Waals surface area contributed by atoms with Gasteiger partial charge in [-0.15, -0.1) is 0 Å². The second kappa shape index (κ2) is 6.45. The fraction of sp³-hybridized carbons (Fsp3) is 0.533. The van der Waals surface area contributed by atoms with Crippen molar-refractivity contribution in [2.45, 2.75) is 38.6 Å². The number of benzene rings is 1. The van der Waals surface area contributed by atoms with Crippen LogP contribution in [-0.2, 0) is 4.74 Å². The molecule has 0 saturated heterocycles. The fourth-order valence-corrected chi connectivity index (χ4v) is 2.67. The van der Waals surface area contributed by atoms with Gasteiger partial charge in [0.1, 0.15) is 0 Å². The zero-order chi connectivity index (χ0) is 13.7. The largest absolute Gasteiger partial charge is 0.453 e. The summed E-state index contributed by atoms with van der Waals surface area (Å²) in [6.07, 6.45) is 4.61. The van der Waals surface area contributed by atoms with Crippen LogP contribution in [0.5, 0.6) is 0 Å². The molecule has 2 rings (SSSR count). The van der Waals surface area contributed by atoms with Crippen molar-refractivity contribution in [3.63, 3.8) is 0 Å². The quantitative estimate of drug-likeness (QED) is 0.866. The first-order valence-corrected chi connectivity index (χ1v) is 6.92. The maximum atomic E-state index is 11.2. The number of ether oxygens (including phenoxy) is 1. The number of carbonyl (C=O) groups excluding carboxylic acids is 1. The average molecular weight is 262 g/mol. The minimum atomic E-state index is -0.441. The van der Waals surface area contributed by atoms with Crippen molar-refractivity contribution in [2.75, 3.05) is 17.7 Å². The Morgan fingerprint density at radius 1 is 1.37 bits per heavy atom. The first-order valence-electron chi connectivity index (χ1n) is 6.92. The minimum Gasteiger partial charge on any atom is -0.453 e. The van der Waals surface area contributed by atoms with Crippen LogP contribution in [0.3, 0.4) is 0 Å². The summed E-state index contributed by atoms with van der Waals surface area (Å²) in [7, 11) is 1.36. The summed E-state index contributed by atoms with van der Waals surface area (Å²) in [6.45, 7) is 2.26. The van der Waals surface area contributed by atoms with E-state index in [2.05, 4.69) is 22.3 Å². The Morgan fingerprint density at radius 3 is 2.84 bits per heavy atom. The molecule has 2 atom stereocenters. The third-order valence-electron chi connectivity index (χ3n) is 3.78. The second-order valence-electron chi connectivity index (χ2n) is 5.13. The highest BCUT2D eigenvalue weighted by Crippen LogP contribution is 2.30. The van der Waals surface area contributed by atoms with Gasteiger partial charge in [0, 0.05) is 17.4 Å². The van der Waals surface area contributed by atoms with Crippen molar-refractivity contribution in [1.29, 1.82) is 0 Å². The van der Waals surface area contributed by atoms with E-state index in [9.17, 15) is 4.79 Å². The zero-order valence-corrected chi connectivity index (χ0v) is 11.6. The number of rotatable bonds is 4. The Hall–Kier alpha value is -1.71. The summed E-state index contributed by atoms with van der Waals surface area (Å²) in [5.41, 5.74) is 1.80. The molecule has 2 N–H and O–H groups in total. The van der Waals surface area contributed by atoms with Gasteiger partial charge < -0.3 is 10.1 Å². The number of amides is 1. The van der Waals surface area contributed by atoms with E-state index < -0.39 is 6.09 Å². The summed E-state index contributed by atoms with van der Waals surface area (Å²) in [6, 6.07) is 8.31. The Kier molecular flexibility index (Phi) is 4.66. The van der Waals surface area contributed by atoms with Crippen molar-refractivity contribution in [3.8, 4) is 0 Å². The van der Waals surface area contributed by atoms with Crippen LogP contribution in [0.1, 0.15) is 32.6 Å². The summed E-state index contributed by atoms with van der Waals surface area (Å²) in [4.78, 5) is 11.2. The van der Waals surface area contributed by atoms with Crippen molar-refractivity contribution >= 4 is 17.5 Å². The summed E-state index contributed by atoms with van der Waals surface area (Å²) in [5, 5.41) is 6.22. The van der Waals surface area contributed by atoms with E-state index >= 15 is 0 Å². The first-order chi connectivity index (χ1) is 9.21. The van der Waals surface area contributed by atoms with E-state index in [4.69, 9.17) is 0 Å². The summed E-state index contributed by atoms with van der Waals surface area (Å²) >= 11 is 0. The van der Waals surface area contributed by atoms with E-state index in [-0.39, 0.29) is 0 Å². The monoisotopic (exact) mass is 262 g/mol. The molecule has 4 heteroatoms. The molecule has 0 radical (unpaired) electrons. The van der Waals surface area contributed by atoms with Gasteiger partial charge >= 0.3 is 6.09 Å². The molecule has 2 unspecified atom stereocenters. The number of nitrogens with one attached hydrogen (secondary N) is 2. The highest BCUT2D eigenvalue weighted by molar-refractivity contribution is 5.85. The van der Waals surface area contributed by atoms with Crippen molar-refractivity contribution < 1.29 is 9.53 Å². The van der Waals surface area contributed by atoms with Crippen LogP contribution in [0, 0.1) is 5.92 Å². The van der Waals surface area contributed by atoms with Gasteiger partial charge in [0.25, 0.3) is 0 Å². The standard InChI is InChI=1S/C15H22N2O2/c1-3-11-7-8-14(9-11)16-12-5-4-6-13(10-12)17-15(18)19-2/h4-6,10-11,14,16H,3,7-9H2,1-2H3,(H,17,18). The van der Waals surface area contributed by atoms with E-state index in [1.807, 2.05) is 24.3 Å². The molecule has 0 aromatic heterocycles. The van der Waals surface area contributed by atoms with Crippen LogP contribution in [-0.4, -0.2) is 19.2 Å². The van der Waals surface area contributed by atoms with Gasteiger partial charge in [0.05, 0.1) is 7.11 Å². The van der Waals surface area contributed by atoms with E-state index in [0.29, 0.717) is 6.04 Å². The predicted octanol–water partition coefficient (Wildman–Crippen LogP) is 3.86. The van der Waals surface area contributed by atoms with Gasteiger partial charge in [0.2, 0.25) is 0 Å². The van der Waals surface area contributed by atoms with Gasteiger partial charge in [0.15, 0.2) is 0 Å². The molecule has 0 spiro atoms. The molecule has 0 heterocycles. The number of carbonyl (C=O) groups is 1. The Bertz CT molecular complexity index is 434. The maximum absolute atomic E-state index is 11.2. The number of anilines is 2. The average Bonchev–Trinajstić information content (AvgIpc) is 2.86. The van der Waals surface area contributed by atoms with Gasteiger partial charge in [-0.2, -0.15) is 0 Å². The first kappa shape index (κ1) is 13.7. The molecule has 0 bridgehead atoms. The van der Waals surface area contributed by atoms with Crippen molar-refractivity contribution in [3.05, 3.63) is 24.3 Å². The molecule has 4 nitrogen and oxygen atoms in total. The van der Waals surface area contributed by atoms with Crippen LogP contribution in [0.2, 0.25) is 0 Å². The van der Waals surface area contributed by atoms with Gasteiger partial charge in [-0.1, -0.05) is 19.4 Å². The lowest BCUT2D eigenvalue weighted by Crippen LogP contribution is -2.16. The molecule has 1 fully saturated rings. The Balaban J connectivity index is 1.94. The Labute approximate surface area is 114 Å². The van der Waals surface area contributed by atoms with Crippen molar-refractivity contribution in [1.82, 2.24) is 0 Å². The van der Waals surface area contributed by atoms with Gasteiger partial charge in [-0.05, 0) is 43.4 Å². The molecule has 1 aliphatic rings. The van der Waals surface area contributed by atoms with Gasteiger partial charge in [-0.3, -0.25) is 5.32 Å². The summed E-state index contributed by atoms with van der Waals surface area (Å²) < 4.78 is 4.59. The molecular weight excluding hydrogens is 240 g/mol. The fourth-order valence-electron chi connectivity index (χ4n) is 2.67. The molecule has 1 aromatic carbocycles. The topological polar surface area (TPSA) is 50.4 Å². The van der Waals surface area contributed by atoms with Crippen LogP contribution in [0.4, 0.5) is 16.2 Å². The zero-order valence-electron chi connectivity index (χ0n) is 11.6. The highest BCUT2D eigenvalue weighted by atomic mass is 16.5. The minimum absolute atomic E-state index is 0.441. The third-order valence-corrected chi connectivity index (χ3v) is 3.78. The van der Waals surface area contributed by atoms with Crippen LogP contribution in [0.25, 0.3) is 0 Å². The maximum Gasteiger partial charge on any atom is 0.411 e. The molecular formula is C15H22N2O2.